The van der Waals surface area contributed by atoms with Crippen molar-refractivity contribution >= 4 is 22.4 Å². The molecule has 0 aromatic carbocycles. The van der Waals surface area contributed by atoms with Gasteiger partial charge in [0.25, 0.3) is 0 Å². The summed E-state index contributed by atoms with van der Waals surface area (Å²) in [6, 6.07) is 2.56. The predicted molar refractivity (Wildman–Crippen MR) is 68.6 cm³/mol. The van der Waals surface area contributed by atoms with Crippen molar-refractivity contribution in [2.24, 2.45) is 0 Å². The van der Waals surface area contributed by atoms with Crippen molar-refractivity contribution in [2.75, 3.05) is 25.0 Å². The van der Waals surface area contributed by atoms with Crippen LogP contribution in [-0.2, 0) is 6.42 Å². The van der Waals surface area contributed by atoms with Crippen molar-refractivity contribution in [2.45, 2.75) is 25.3 Å². The summed E-state index contributed by atoms with van der Waals surface area (Å²) in [5, 5.41) is 10.4. The zero-order valence-electron chi connectivity index (χ0n) is 9.69. The SMILES string of the molecule is O=C1Nc2sccc2CCN1C1CC[N]CC1. The van der Waals surface area contributed by atoms with E-state index >= 15 is 0 Å². The number of urea groups is 1. The molecule has 0 unspecified atom stereocenters. The smallest absolute Gasteiger partial charge is 0.321 e. The van der Waals surface area contributed by atoms with E-state index in [0.29, 0.717) is 6.04 Å². The third kappa shape index (κ3) is 2.17. The summed E-state index contributed by atoms with van der Waals surface area (Å²) in [7, 11) is 0. The number of rotatable bonds is 1. The van der Waals surface area contributed by atoms with Gasteiger partial charge < -0.3 is 4.90 Å². The zero-order chi connectivity index (χ0) is 11.7. The van der Waals surface area contributed by atoms with Gasteiger partial charge in [-0.15, -0.1) is 11.3 Å². The largest absolute Gasteiger partial charge is 0.322 e. The van der Waals surface area contributed by atoms with Crippen LogP contribution in [0.2, 0.25) is 0 Å². The molecule has 0 bridgehead atoms. The Labute approximate surface area is 105 Å². The molecule has 0 atom stereocenters. The van der Waals surface area contributed by atoms with Gasteiger partial charge in [0.2, 0.25) is 0 Å². The first-order chi connectivity index (χ1) is 8.34. The molecule has 1 fully saturated rings. The molecule has 1 aromatic rings. The number of hydrogen-bond donors (Lipinski definition) is 1. The lowest BCUT2D eigenvalue weighted by Gasteiger charge is -2.32. The van der Waals surface area contributed by atoms with E-state index < -0.39 is 0 Å². The first-order valence-electron chi connectivity index (χ1n) is 6.12. The zero-order valence-corrected chi connectivity index (χ0v) is 10.5. The summed E-state index contributed by atoms with van der Waals surface area (Å²) in [5.74, 6) is 0. The van der Waals surface area contributed by atoms with E-state index in [1.54, 1.807) is 11.3 Å². The van der Waals surface area contributed by atoms with E-state index in [1.807, 2.05) is 10.3 Å². The second-order valence-electron chi connectivity index (χ2n) is 4.55. The van der Waals surface area contributed by atoms with E-state index in [9.17, 15) is 4.79 Å². The summed E-state index contributed by atoms with van der Waals surface area (Å²) >= 11 is 1.61. The Morgan fingerprint density at radius 2 is 2.24 bits per heavy atom. The highest BCUT2D eigenvalue weighted by molar-refractivity contribution is 7.14. The topological polar surface area (TPSA) is 46.4 Å². The van der Waals surface area contributed by atoms with Crippen LogP contribution < -0.4 is 10.6 Å². The molecule has 3 rings (SSSR count). The van der Waals surface area contributed by atoms with Crippen LogP contribution >= 0.6 is 11.3 Å². The van der Waals surface area contributed by atoms with Gasteiger partial charge in [0.05, 0.1) is 5.00 Å². The number of nitrogens with zero attached hydrogens (tertiary/aromatic N) is 2. The van der Waals surface area contributed by atoms with Crippen LogP contribution in [0.5, 0.6) is 0 Å². The fourth-order valence-electron chi connectivity index (χ4n) is 2.55. The van der Waals surface area contributed by atoms with Crippen LogP contribution in [0.3, 0.4) is 0 Å². The Hall–Kier alpha value is -1.07. The monoisotopic (exact) mass is 250 g/mol. The highest BCUT2D eigenvalue weighted by Crippen LogP contribution is 2.28. The molecular formula is C12H16N3OS. The molecule has 1 aromatic heterocycles. The van der Waals surface area contributed by atoms with Gasteiger partial charge in [0, 0.05) is 25.7 Å². The number of thiophene rings is 1. The van der Waals surface area contributed by atoms with E-state index in [4.69, 9.17) is 0 Å². The number of amides is 2. The molecule has 3 heterocycles. The van der Waals surface area contributed by atoms with Gasteiger partial charge in [-0.25, -0.2) is 10.1 Å². The van der Waals surface area contributed by atoms with E-state index in [1.165, 1.54) is 5.56 Å². The molecule has 0 spiro atoms. The number of carbonyl (C=O) groups excluding carboxylic acids is 1. The number of anilines is 1. The number of carbonyl (C=O) groups is 1. The average Bonchev–Trinajstić information content (AvgIpc) is 2.72. The Morgan fingerprint density at radius 3 is 3.06 bits per heavy atom. The van der Waals surface area contributed by atoms with Crippen LogP contribution in [0.4, 0.5) is 9.80 Å². The number of piperidine rings is 1. The van der Waals surface area contributed by atoms with Gasteiger partial charge in [-0.05, 0) is 36.3 Å². The second-order valence-corrected chi connectivity index (χ2v) is 5.47. The summed E-state index contributed by atoms with van der Waals surface area (Å²) < 4.78 is 0. The van der Waals surface area contributed by atoms with Crippen molar-refractivity contribution in [3.05, 3.63) is 17.0 Å². The maximum atomic E-state index is 12.2. The lowest BCUT2D eigenvalue weighted by Crippen LogP contribution is -2.46. The second kappa shape index (κ2) is 4.66. The summed E-state index contributed by atoms with van der Waals surface area (Å²) in [4.78, 5) is 14.2. The molecule has 0 saturated carbocycles. The first kappa shape index (κ1) is 11.0. The van der Waals surface area contributed by atoms with E-state index in [-0.39, 0.29) is 6.03 Å². The van der Waals surface area contributed by atoms with E-state index in [2.05, 4.69) is 16.7 Å². The molecule has 1 N–H and O–H groups in total. The average molecular weight is 250 g/mol. The van der Waals surface area contributed by atoms with Gasteiger partial charge in [0.1, 0.15) is 0 Å². The minimum absolute atomic E-state index is 0.0677. The normalized spacial score (nSPS) is 21.9. The number of hydrogen-bond acceptors (Lipinski definition) is 2. The number of nitrogens with one attached hydrogen (secondary N) is 1. The van der Waals surface area contributed by atoms with Crippen molar-refractivity contribution in [1.29, 1.82) is 0 Å². The van der Waals surface area contributed by atoms with Gasteiger partial charge in [-0.3, -0.25) is 5.32 Å². The lowest BCUT2D eigenvalue weighted by atomic mass is 10.0. The fraction of sp³-hybridized carbons (Fsp3) is 0.583. The molecule has 2 aliphatic heterocycles. The highest BCUT2D eigenvalue weighted by Gasteiger charge is 2.28. The number of fused-ring (bicyclic) bond motifs is 1. The fourth-order valence-corrected chi connectivity index (χ4v) is 3.39. The molecule has 1 saturated heterocycles. The van der Waals surface area contributed by atoms with Crippen molar-refractivity contribution in [3.8, 4) is 0 Å². The Bertz CT molecular complexity index is 412. The minimum atomic E-state index is 0.0677. The minimum Gasteiger partial charge on any atom is -0.321 e. The maximum Gasteiger partial charge on any atom is 0.322 e. The van der Waals surface area contributed by atoms with Gasteiger partial charge in [-0.1, -0.05) is 0 Å². The molecule has 0 aliphatic carbocycles. The molecule has 4 nitrogen and oxygen atoms in total. The molecule has 91 valence electrons. The Morgan fingerprint density at radius 1 is 1.41 bits per heavy atom. The van der Waals surface area contributed by atoms with Crippen LogP contribution in [0, 0.1) is 0 Å². The molecule has 2 amide bonds. The highest BCUT2D eigenvalue weighted by atomic mass is 32.1. The summed E-state index contributed by atoms with van der Waals surface area (Å²) in [6.07, 6.45) is 2.99. The molecule has 2 aliphatic rings. The van der Waals surface area contributed by atoms with Crippen LogP contribution in [0.1, 0.15) is 18.4 Å². The van der Waals surface area contributed by atoms with Gasteiger partial charge in [0.15, 0.2) is 0 Å². The quantitative estimate of drug-likeness (QED) is 0.813. The molecule has 5 heteroatoms. The van der Waals surface area contributed by atoms with Gasteiger partial charge in [-0.2, -0.15) is 0 Å². The Kier molecular flexibility index (Phi) is 3.03. The summed E-state index contributed by atoms with van der Waals surface area (Å²) in [6.45, 7) is 2.63. The van der Waals surface area contributed by atoms with Crippen LogP contribution in [0.15, 0.2) is 11.4 Å². The van der Waals surface area contributed by atoms with Crippen LogP contribution in [-0.4, -0.2) is 36.6 Å². The van der Waals surface area contributed by atoms with Crippen LogP contribution in [0.25, 0.3) is 0 Å². The predicted octanol–water partition coefficient (Wildman–Crippen LogP) is 1.90. The third-order valence-electron chi connectivity index (χ3n) is 3.53. The molecular weight excluding hydrogens is 234 g/mol. The third-order valence-corrected chi connectivity index (χ3v) is 4.40. The lowest BCUT2D eigenvalue weighted by molar-refractivity contribution is 0.172. The van der Waals surface area contributed by atoms with Crippen molar-refractivity contribution in [1.82, 2.24) is 10.2 Å². The Balaban J connectivity index is 1.75. The first-order valence-corrected chi connectivity index (χ1v) is 7.00. The standard InChI is InChI=1S/C12H16N3OS/c16-12-14-11-9(4-8-17-11)3-7-15(12)10-1-5-13-6-2-10/h4,8,10H,1-3,5-7H2,(H,14,16). The molecule has 17 heavy (non-hydrogen) atoms. The maximum absolute atomic E-state index is 12.2. The van der Waals surface area contributed by atoms with Crippen molar-refractivity contribution in [3.63, 3.8) is 0 Å². The van der Waals surface area contributed by atoms with Gasteiger partial charge >= 0.3 is 6.03 Å². The van der Waals surface area contributed by atoms with Crippen molar-refractivity contribution < 1.29 is 4.79 Å². The van der Waals surface area contributed by atoms with E-state index in [0.717, 1.165) is 43.9 Å². The molecule has 1 radical (unpaired) electrons. The summed E-state index contributed by atoms with van der Waals surface area (Å²) in [5.41, 5.74) is 1.27.